The van der Waals surface area contributed by atoms with Crippen LogP contribution >= 0.6 is 0 Å². The molecule has 4 rings (SSSR count). The third-order valence-electron chi connectivity index (χ3n) is 10.2. The van der Waals surface area contributed by atoms with Crippen molar-refractivity contribution in [3.63, 3.8) is 0 Å². The third-order valence-corrected chi connectivity index (χ3v) is 10.2. The van der Waals surface area contributed by atoms with Gasteiger partial charge in [0.05, 0.1) is 5.60 Å². The Hall–Kier alpha value is -0.550. The van der Waals surface area contributed by atoms with Crippen molar-refractivity contribution >= 4 is 0 Å². The van der Waals surface area contributed by atoms with Crippen LogP contribution in [0.3, 0.4) is 0 Å². The Morgan fingerprint density at radius 1 is 1.10 bits per heavy atom. The minimum Gasteiger partial charge on any atom is -0.390 e. The lowest BCUT2D eigenvalue weighted by Crippen LogP contribution is -2.48. The molecule has 0 aliphatic heterocycles. The van der Waals surface area contributed by atoms with E-state index in [1.807, 2.05) is 6.92 Å². The molecule has 31 heavy (non-hydrogen) atoms. The zero-order chi connectivity index (χ0) is 22.8. The Labute approximate surface area is 185 Å². The first-order valence-electron chi connectivity index (χ1n) is 12.5. The average molecular weight is 443 g/mol. The standard InChI is InChI=1S/C26H41F3O2/c1-16(9-14-25(4,31)26(27,28)29)21-7-8-22-20-6-5-17-15-23(2,30)12-10-18(17)19(20)11-13-24(21,22)3/h5,16,18-22,30-31H,6-15H2,1-4H3/t16-,18+,19?,20-,21-,22+,23+,24-,25?/m1/s1. The molecule has 0 radical (unpaired) electrons. The lowest BCUT2D eigenvalue weighted by molar-refractivity contribution is -0.256. The van der Waals surface area contributed by atoms with E-state index in [4.69, 9.17) is 0 Å². The van der Waals surface area contributed by atoms with Gasteiger partial charge in [-0.1, -0.05) is 25.5 Å². The number of hydrogen-bond donors (Lipinski definition) is 2. The van der Waals surface area contributed by atoms with Crippen molar-refractivity contribution in [1.29, 1.82) is 0 Å². The number of fused-ring (bicyclic) bond motifs is 5. The maximum atomic E-state index is 13.1. The van der Waals surface area contributed by atoms with Crippen molar-refractivity contribution < 1.29 is 23.4 Å². The van der Waals surface area contributed by atoms with Crippen molar-refractivity contribution in [1.82, 2.24) is 0 Å². The van der Waals surface area contributed by atoms with Crippen molar-refractivity contribution in [3.05, 3.63) is 11.6 Å². The predicted molar refractivity (Wildman–Crippen MR) is 116 cm³/mol. The monoisotopic (exact) mass is 442 g/mol. The Bertz CT molecular complexity index is 710. The zero-order valence-electron chi connectivity index (χ0n) is 19.6. The van der Waals surface area contributed by atoms with Gasteiger partial charge in [0.15, 0.2) is 5.60 Å². The van der Waals surface area contributed by atoms with E-state index in [2.05, 4.69) is 19.9 Å². The summed E-state index contributed by atoms with van der Waals surface area (Å²) in [6.07, 6.45) is 6.67. The maximum Gasteiger partial charge on any atom is 0.416 e. The largest absolute Gasteiger partial charge is 0.416 e. The highest BCUT2D eigenvalue weighted by atomic mass is 19.4. The van der Waals surface area contributed by atoms with Gasteiger partial charge in [-0.2, -0.15) is 13.2 Å². The van der Waals surface area contributed by atoms with Crippen LogP contribution < -0.4 is 0 Å². The molecule has 2 nitrogen and oxygen atoms in total. The third kappa shape index (κ3) is 4.11. The van der Waals surface area contributed by atoms with Gasteiger partial charge in [0.1, 0.15) is 0 Å². The second-order valence-corrected chi connectivity index (χ2v) is 12.3. The second-order valence-electron chi connectivity index (χ2n) is 12.3. The highest BCUT2D eigenvalue weighted by molar-refractivity contribution is 5.21. The van der Waals surface area contributed by atoms with Crippen molar-refractivity contribution in [2.24, 2.45) is 40.9 Å². The molecule has 0 aromatic heterocycles. The molecule has 0 spiro atoms. The quantitative estimate of drug-likeness (QED) is 0.478. The first kappa shape index (κ1) is 23.6. The molecule has 2 unspecified atom stereocenters. The summed E-state index contributed by atoms with van der Waals surface area (Å²) < 4.78 is 39.3. The number of alkyl halides is 3. The number of hydrogen-bond acceptors (Lipinski definition) is 2. The summed E-state index contributed by atoms with van der Waals surface area (Å²) in [6.45, 7) is 7.40. The molecular formula is C26H41F3O2. The molecule has 9 atom stereocenters. The van der Waals surface area contributed by atoms with Crippen LogP contribution in [0, 0.1) is 40.9 Å². The van der Waals surface area contributed by atoms with E-state index in [-0.39, 0.29) is 17.8 Å². The molecule has 178 valence electrons. The van der Waals surface area contributed by atoms with E-state index in [1.165, 1.54) is 24.8 Å². The fourth-order valence-corrected chi connectivity index (χ4v) is 8.29. The van der Waals surface area contributed by atoms with Gasteiger partial charge in [-0.3, -0.25) is 0 Å². The lowest BCUT2D eigenvalue weighted by atomic mass is 9.50. The summed E-state index contributed by atoms with van der Waals surface area (Å²) in [7, 11) is 0. The average Bonchev–Trinajstić information content (AvgIpc) is 3.01. The Balaban J connectivity index is 1.45. The minimum absolute atomic E-state index is 0.194. The van der Waals surface area contributed by atoms with Crippen LogP contribution in [-0.2, 0) is 0 Å². The normalized spacial score (nSPS) is 45.7. The van der Waals surface area contributed by atoms with E-state index in [0.717, 1.165) is 39.0 Å². The molecule has 2 N–H and O–H groups in total. The van der Waals surface area contributed by atoms with Gasteiger partial charge in [-0.15, -0.1) is 0 Å². The molecule has 0 bridgehead atoms. The Morgan fingerprint density at radius 2 is 1.81 bits per heavy atom. The minimum atomic E-state index is -4.57. The SMILES string of the molecule is C[C@H](CCC(C)(O)C(F)(F)F)[C@H]1CC[C@H]2[C@@H]3CC=C4C[C@@](C)(O)CC[C@@H]4C3CC[C@]12C. The van der Waals surface area contributed by atoms with E-state index in [0.29, 0.717) is 36.0 Å². The van der Waals surface area contributed by atoms with Gasteiger partial charge in [-0.25, -0.2) is 0 Å². The zero-order valence-corrected chi connectivity index (χ0v) is 19.6. The molecule has 5 heteroatoms. The Kier molecular flexibility index (Phi) is 5.90. The molecule has 3 fully saturated rings. The van der Waals surface area contributed by atoms with E-state index in [1.54, 1.807) is 0 Å². The molecule has 4 aliphatic rings. The lowest BCUT2D eigenvalue weighted by Gasteiger charge is -2.55. The van der Waals surface area contributed by atoms with E-state index < -0.39 is 17.4 Å². The first-order valence-corrected chi connectivity index (χ1v) is 12.5. The molecular weight excluding hydrogens is 401 g/mol. The number of allylic oxidation sites excluding steroid dienone is 1. The molecule has 0 saturated heterocycles. The Morgan fingerprint density at radius 3 is 2.48 bits per heavy atom. The maximum absolute atomic E-state index is 13.1. The van der Waals surface area contributed by atoms with Crippen LogP contribution in [0.5, 0.6) is 0 Å². The number of halogens is 3. The fourth-order valence-electron chi connectivity index (χ4n) is 8.29. The summed E-state index contributed by atoms with van der Waals surface area (Å²) >= 11 is 0. The summed E-state index contributed by atoms with van der Waals surface area (Å²) in [5.74, 6) is 3.32. The second kappa shape index (κ2) is 7.75. The molecule has 0 aromatic carbocycles. The highest BCUT2D eigenvalue weighted by Crippen LogP contribution is 2.65. The van der Waals surface area contributed by atoms with Crippen molar-refractivity contribution in [2.45, 2.75) is 109 Å². The topological polar surface area (TPSA) is 40.5 Å². The molecule has 0 amide bonds. The van der Waals surface area contributed by atoms with Crippen molar-refractivity contribution in [3.8, 4) is 0 Å². The molecule has 0 heterocycles. The molecule has 4 aliphatic carbocycles. The van der Waals surface area contributed by atoms with E-state index >= 15 is 0 Å². The van der Waals surface area contributed by atoms with Gasteiger partial charge >= 0.3 is 6.18 Å². The number of aliphatic hydroxyl groups is 2. The molecule has 0 aromatic rings. The van der Waals surface area contributed by atoms with Crippen LogP contribution in [0.4, 0.5) is 13.2 Å². The van der Waals surface area contributed by atoms with Crippen molar-refractivity contribution in [2.75, 3.05) is 0 Å². The van der Waals surface area contributed by atoms with Crippen LogP contribution in [0.1, 0.15) is 91.9 Å². The van der Waals surface area contributed by atoms with Gasteiger partial charge in [0.25, 0.3) is 0 Å². The van der Waals surface area contributed by atoms with Gasteiger partial charge in [-0.05, 0) is 119 Å². The summed E-state index contributed by atoms with van der Waals surface area (Å²) in [4.78, 5) is 0. The van der Waals surface area contributed by atoms with Gasteiger partial charge < -0.3 is 10.2 Å². The fraction of sp³-hybridized carbons (Fsp3) is 0.923. The van der Waals surface area contributed by atoms with Crippen LogP contribution in [0.25, 0.3) is 0 Å². The smallest absolute Gasteiger partial charge is 0.390 e. The molecule has 3 saturated carbocycles. The summed E-state index contributed by atoms with van der Waals surface area (Å²) in [5, 5.41) is 20.4. The van der Waals surface area contributed by atoms with Crippen LogP contribution in [0.2, 0.25) is 0 Å². The summed E-state index contributed by atoms with van der Waals surface area (Å²) in [5.41, 5.74) is -1.46. The summed E-state index contributed by atoms with van der Waals surface area (Å²) in [6, 6.07) is 0. The van der Waals surface area contributed by atoms with Crippen LogP contribution in [-0.4, -0.2) is 27.6 Å². The van der Waals surface area contributed by atoms with Crippen LogP contribution in [0.15, 0.2) is 11.6 Å². The number of rotatable bonds is 4. The van der Waals surface area contributed by atoms with E-state index in [9.17, 15) is 23.4 Å². The highest BCUT2D eigenvalue weighted by Gasteiger charge is 2.57. The van der Waals surface area contributed by atoms with Gasteiger partial charge in [0, 0.05) is 0 Å². The first-order chi connectivity index (χ1) is 14.3. The predicted octanol–water partition coefficient (Wildman–Crippen LogP) is 6.66. The van der Waals surface area contributed by atoms with Gasteiger partial charge in [0.2, 0.25) is 0 Å².